The Morgan fingerprint density at radius 3 is 2.53 bits per heavy atom. The second-order valence-corrected chi connectivity index (χ2v) is 3.14. The van der Waals surface area contributed by atoms with E-state index in [-0.39, 0.29) is 23.0 Å². The zero-order valence-electron chi connectivity index (χ0n) is 8.78. The molecule has 0 aliphatic rings. The lowest BCUT2D eigenvalue weighted by atomic mass is 10.1. The fourth-order valence-corrected chi connectivity index (χ4v) is 1.18. The van der Waals surface area contributed by atoms with Gasteiger partial charge in [0.1, 0.15) is 11.3 Å². The van der Waals surface area contributed by atoms with Gasteiger partial charge in [0.05, 0.1) is 7.11 Å². The summed E-state index contributed by atoms with van der Waals surface area (Å²) in [4.78, 5) is 10.7. The first-order valence-corrected chi connectivity index (χ1v) is 4.51. The Kier molecular flexibility index (Phi) is 3.77. The number of benzene rings is 1. The fourth-order valence-electron chi connectivity index (χ4n) is 1.18. The molecule has 1 aromatic carbocycles. The van der Waals surface area contributed by atoms with Gasteiger partial charge in [-0.25, -0.2) is 4.79 Å². The van der Waals surface area contributed by atoms with Gasteiger partial charge in [-0.15, -0.1) is 0 Å². The first-order valence-electron chi connectivity index (χ1n) is 4.51. The summed E-state index contributed by atoms with van der Waals surface area (Å²) in [5.41, 5.74) is 0.112. The molecule has 0 atom stereocenters. The smallest absolute Gasteiger partial charge is 0.409 e. The second kappa shape index (κ2) is 4.90. The molecule has 0 aromatic heterocycles. The van der Waals surface area contributed by atoms with Crippen LogP contribution in [0.3, 0.4) is 0 Å². The molecule has 0 unspecified atom stereocenters. The third-order valence-electron chi connectivity index (χ3n) is 1.92. The summed E-state index contributed by atoms with van der Waals surface area (Å²) >= 11 is 0. The Bertz CT molecular complexity index is 450. The zero-order chi connectivity index (χ0) is 13.1. The lowest BCUT2D eigenvalue weighted by Crippen LogP contribution is -2.01. The normalized spacial score (nSPS) is 11.8. The number of methoxy groups -OCH3 is 1. The molecule has 0 bridgehead atoms. The molecule has 6 heteroatoms. The van der Waals surface area contributed by atoms with Gasteiger partial charge in [-0.05, 0) is 23.8 Å². The minimum atomic E-state index is -4.40. The number of ether oxygens (including phenoxy) is 1. The molecule has 0 radical (unpaired) electrons. The molecule has 0 saturated heterocycles. The molecule has 0 aliphatic carbocycles. The topological polar surface area (TPSA) is 46.5 Å². The number of rotatable bonds is 3. The summed E-state index contributed by atoms with van der Waals surface area (Å²) in [7, 11) is 1.25. The van der Waals surface area contributed by atoms with Crippen molar-refractivity contribution in [3.8, 4) is 5.75 Å². The van der Waals surface area contributed by atoms with E-state index in [0.717, 1.165) is 6.08 Å². The average molecular weight is 246 g/mol. The molecule has 1 aromatic rings. The van der Waals surface area contributed by atoms with Gasteiger partial charge in [-0.1, -0.05) is 6.07 Å². The van der Waals surface area contributed by atoms with Gasteiger partial charge in [0.25, 0.3) is 0 Å². The highest BCUT2D eigenvalue weighted by atomic mass is 19.4. The van der Waals surface area contributed by atoms with Crippen LogP contribution in [0.4, 0.5) is 13.2 Å². The van der Waals surface area contributed by atoms with E-state index in [1.54, 1.807) is 0 Å². The summed E-state index contributed by atoms with van der Waals surface area (Å²) in [5.74, 6) is -1.19. The van der Waals surface area contributed by atoms with Crippen LogP contribution in [0.5, 0.6) is 5.75 Å². The van der Waals surface area contributed by atoms with E-state index in [9.17, 15) is 18.0 Å². The van der Waals surface area contributed by atoms with Crippen molar-refractivity contribution >= 4 is 12.0 Å². The summed E-state index contributed by atoms with van der Waals surface area (Å²) in [6, 6.07) is 3.69. The molecule has 17 heavy (non-hydrogen) atoms. The number of allylic oxidation sites excluding steroid dienone is 1. The number of carboxylic acids is 1. The predicted molar refractivity (Wildman–Crippen MR) is 55.0 cm³/mol. The van der Waals surface area contributed by atoms with Crippen LogP contribution in [0.2, 0.25) is 0 Å². The van der Waals surface area contributed by atoms with Gasteiger partial charge in [0, 0.05) is 6.08 Å². The quantitative estimate of drug-likeness (QED) is 0.891. The van der Waals surface area contributed by atoms with Crippen molar-refractivity contribution < 1.29 is 27.8 Å². The van der Waals surface area contributed by atoms with E-state index in [1.165, 1.54) is 25.3 Å². The Morgan fingerprint density at radius 2 is 2.06 bits per heavy atom. The molecule has 0 amide bonds. The van der Waals surface area contributed by atoms with E-state index < -0.39 is 12.1 Å². The molecular weight excluding hydrogens is 237 g/mol. The molecule has 0 heterocycles. The molecule has 0 fully saturated rings. The van der Waals surface area contributed by atoms with Crippen LogP contribution < -0.4 is 4.74 Å². The molecule has 1 rings (SSSR count). The average Bonchev–Trinajstić information content (AvgIpc) is 2.24. The van der Waals surface area contributed by atoms with E-state index in [2.05, 4.69) is 0 Å². The monoisotopic (exact) mass is 246 g/mol. The predicted octanol–water partition coefficient (Wildman–Crippen LogP) is 2.97. The van der Waals surface area contributed by atoms with Crippen molar-refractivity contribution in [1.82, 2.24) is 0 Å². The van der Waals surface area contributed by atoms with Gasteiger partial charge < -0.3 is 9.84 Å². The van der Waals surface area contributed by atoms with Gasteiger partial charge in [-0.2, -0.15) is 13.2 Å². The van der Waals surface area contributed by atoms with Crippen molar-refractivity contribution in [2.45, 2.75) is 6.18 Å². The number of carbonyl (C=O) groups is 1. The van der Waals surface area contributed by atoms with Gasteiger partial charge in [0.15, 0.2) is 0 Å². The van der Waals surface area contributed by atoms with Crippen LogP contribution in [0.15, 0.2) is 24.3 Å². The molecule has 3 nitrogen and oxygen atoms in total. The van der Waals surface area contributed by atoms with Gasteiger partial charge in [-0.3, -0.25) is 0 Å². The first-order chi connectivity index (χ1) is 7.83. The van der Waals surface area contributed by atoms with Crippen LogP contribution in [0, 0.1) is 0 Å². The molecule has 0 aliphatic heterocycles. The highest BCUT2D eigenvalue weighted by molar-refractivity contribution is 5.91. The van der Waals surface area contributed by atoms with Gasteiger partial charge in [0.2, 0.25) is 0 Å². The third-order valence-corrected chi connectivity index (χ3v) is 1.92. The number of hydrogen-bond donors (Lipinski definition) is 1. The van der Waals surface area contributed by atoms with E-state index in [1.807, 2.05) is 0 Å². The highest BCUT2D eigenvalue weighted by Crippen LogP contribution is 2.23. The minimum Gasteiger partial charge on any atom is -0.496 e. The molecule has 92 valence electrons. The number of aromatic carboxylic acids is 1. The molecular formula is C11H9F3O3. The van der Waals surface area contributed by atoms with Crippen LogP contribution in [-0.2, 0) is 0 Å². The van der Waals surface area contributed by atoms with Crippen molar-refractivity contribution in [2.24, 2.45) is 0 Å². The van der Waals surface area contributed by atoms with Crippen LogP contribution in [0.1, 0.15) is 15.9 Å². The summed E-state index contributed by atoms with van der Waals surface area (Å²) < 4.78 is 40.5. The zero-order valence-corrected chi connectivity index (χ0v) is 8.78. The lowest BCUT2D eigenvalue weighted by Gasteiger charge is -2.05. The number of alkyl halides is 3. The second-order valence-electron chi connectivity index (χ2n) is 3.14. The minimum absolute atomic E-state index is 0.0156. The highest BCUT2D eigenvalue weighted by Gasteiger charge is 2.21. The standard InChI is InChI=1S/C11H9F3O3/c1-17-9-6-7(4-5-11(12,13)14)2-3-8(9)10(15)16/h2-6H,1H3,(H,15,16)/b5-4+. The first kappa shape index (κ1) is 13.1. The van der Waals surface area contributed by atoms with E-state index in [0.29, 0.717) is 0 Å². The maximum absolute atomic E-state index is 11.9. The Morgan fingerprint density at radius 1 is 1.41 bits per heavy atom. The van der Waals surface area contributed by atoms with Crippen molar-refractivity contribution in [3.05, 3.63) is 35.4 Å². The number of hydrogen-bond acceptors (Lipinski definition) is 2. The van der Waals surface area contributed by atoms with Crippen molar-refractivity contribution in [1.29, 1.82) is 0 Å². The SMILES string of the molecule is COc1cc(/C=C/C(F)(F)F)ccc1C(=O)O. The summed E-state index contributed by atoms with van der Waals surface area (Å²) in [6.07, 6.45) is -3.49. The van der Waals surface area contributed by atoms with E-state index >= 15 is 0 Å². The largest absolute Gasteiger partial charge is 0.496 e. The van der Waals surface area contributed by atoms with Crippen molar-refractivity contribution in [2.75, 3.05) is 7.11 Å². The Balaban J connectivity index is 3.06. The van der Waals surface area contributed by atoms with Crippen LogP contribution >= 0.6 is 0 Å². The Hall–Kier alpha value is -1.98. The summed E-state index contributed by atoms with van der Waals surface area (Å²) in [6.45, 7) is 0. The molecule has 1 N–H and O–H groups in total. The summed E-state index contributed by atoms with van der Waals surface area (Å²) in [5, 5.41) is 8.77. The third kappa shape index (κ3) is 3.82. The Labute approximate surface area is 95.1 Å². The lowest BCUT2D eigenvalue weighted by molar-refractivity contribution is -0.0790. The maximum atomic E-state index is 11.9. The number of halogens is 3. The fraction of sp³-hybridized carbons (Fsp3) is 0.182. The maximum Gasteiger partial charge on any atom is 0.409 e. The van der Waals surface area contributed by atoms with Crippen LogP contribution in [0.25, 0.3) is 6.08 Å². The molecule has 0 spiro atoms. The van der Waals surface area contributed by atoms with Gasteiger partial charge >= 0.3 is 12.1 Å². The van der Waals surface area contributed by atoms with E-state index in [4.69, 9.17) is 9.84 Å². The van der Waals surface area contributed by atoms with Crippen molar-refractivity contribution in [3.63, 3.8) is 0 Å². The number of carboxylic acid groups (broad SMARTS) is 1. The van der Waals surface area contributed by atoms with Crippen LogP contribution in [-0.4, -0.2) is 24.4 Å². The molecule has 0 saturated carbocycles.